The summed E-state index contributed by atoms with van der Waals surface area (Å²) < 4.78 is 0. The van der Waals surface area contributed by atoms with Crippen molar-refractivity contribution >= 4 is 17.4 Å². The second-order valence-corrected chi connectivity index (χ2v) is 6.48. The third-order valence-corrected chi connectivity index (χ3v) is 4.46. The lowest BCUT2D eigenvalue weighted by molar-refractivity contribution is 0.0954. The van der Waals surface area contributed by atoms with Crippen molar-refractivity contribution in [2.24, 2.45) is 0 Å². The number of rotatable bonds is 7. The number of hydrogen-bond acceptors (Lipinski definition) is 3. The van der Waals surface area contributed by atoms with E-state index >= 15 is 0 Å². The fourth-order valence-corrected chi connectivity index (χ4v) is 3.02. The van der Waals surface area contributed by atoms with Crippen LogP contribution >= 0.6 is 0 Å². The lowest BCUT2D eigenvalue weighted by Gasteiger charge is -2.22. The quantitative estimate of drug-likeness (QED) is 0.674. The van der Waals surface area contributed by atoms with Crippen molar-refractivity contribution in [3.05, 3.63) is 89.6 Å². The van der Waals surface area contributed by atoms with Gasteiger partial charge in [-0.1, -0.05) is 42.5 Å². The Morgan fingerprint density at radius 2 is 1.85 bits per heavy atom. The highest BCUT2D eigenvalue weighted by atomic mass is 16.1. The number of anilines is 2. The number of amides is 1. The van der Waals surface area contributed by atoms with Crippen LogP contribution < -0.4 is 10.2 Å². The van der Waals surface area contributed by atoms with Crippen LogP contribution in [0.1, 0.15) is 28.4 Å². The lowest BCUT2D eigenvalue weighted by atomic mass is 10.1. The first-order valence-electron chi connectivity index (χ1n) is 9.29. The standard InChI is InChI=1S/C23H25N3O/c1-3-26(21-11-7-8-18(2)16-21)22-13-12-20(17-25-22)23(27)24-15-14-19-9-5-4-6-10-19/h4-13,16-17H,3,14-15H2,1-2H3,(H,24,27). The molecule has 0 bridgehead atoms. The first-order valence-corrected chi connectivity index (χ1v) is 9.29. The summed E-state index contributed by atoms with van der Waals surface area (Å²) >= 11 is 0. The number of hydrogen-bond donors (Lipinski definition) is 1. The summed E-state index contributed by atoms with van der Waals surface area (Å²) in [6, 6.07) is 22.2. The van der Waals surface area contributed by atoms with Crippen LogP contribution in [0.3, 0.4) is 0 Å². The monoisotopic (exact) mass is 359 g/mol. The highest BCUT2D eigenvalue weighted by Crippen LogP contribution is 2.24. The third-order valence-electron chi connectivity index (χ3n) is 4.46. The number of nitrogens with zero attached hydrogens (tertiary/aromatic N) is 2. The number of aromatic nitrogens is 1. The molecule has 138 valence electrons. The minimum absolute atomic E-state index is 0.0939. The SMILES string of the molecule is CCN(c1cccc(C)c1)c1ccc(C(=O)NCCc2ccccc2)cn1. The fourth-order valence-electron chi connectivity index (χ4n) is 3.02. The van der Waals surface area contributed by atoms with Gasteiger partial charge in [-0.15, -0.1) is 0 Å². The molecule has 0 saturated carbocycles. The molecule has 0 aliphatic rings. The van der Waals surface area contributed by atoms with E-state index in [2.05, 4.69) is 59.4 Å². The Kier molecular flexibility index (Phi) is 6.21. The average Bonchev–Trinajstić information content (AvgIpc) is 2.70. The van der Waals surface area contributed by atoms with Gasteiger partial charge in [0.15, 0.2) is 0 Å². The van der Waals surface area contributed by atoms with Gasteiger partial charge >= 0.3 is 0 Å². The van der Waals surface area contributed by atoms with E-state index in [4.69, 9.17) is 0 Å². The van der Waals surface area contributed by atoms with Gasteiger partial charge in [-0.3, -0.25) is 4.79 Å². The second kappa shape index (κ2) is 8.99. The zero-order chi connectivity index (χ0) is 19.1. The molecule has 0 fully saturated rings. The molecule has 1 heterocycles. The normalized spacial score (nSPS) is 10.4. The molecule has 3 aromatic rings. The van der Waals surface area contributed by atoms with Crippen LogP contribution in [0.4, 0.5) is 11.5 Å². The number of aryl methyl sites for hydroxylation is 1. The van der Waals surface area contributed by atoms with E-state index < -0.39 is 0 Å². The minimum Gasteiger partial charge on any atom is -0.352 e. The van der Waals surface area contributed by atoms with Crippen molar-refractivity contribution in [1.82, 2.24) is 10.3 Å². The number of benzene rings is 2. The molecule has 1 amide bonds. The van der Waals surface area contributed by atoms with E-state index in [0.29, 0.717) is 12.1 Å². The molecule has 0 aliphatic heterocycles. The maximum Gasteiger partial charge on any atom is 0.252 e. The van der Waals surface area contributed by atoms with Crippen molar-refractivity contribution in [1.29, 1.82) is 0 Å². The van der Waals surface area contributed by atoms with Crippen LogP contribution in [-0.2, 0) is 6.42 Å². The molecule has 0 radical (unpaired) electrons. The van der Waals surface area contributed by atoms with Crippen LogP contribution in [0.2, 0.25) is 0 Å². The third kappa shape index (κ3) is 4.94. The molecule has 3 rings (SSSR count). The van der Waals surface area contributed by atoms with Gasteiger partial charge < -0.3 is 10.2 Å². The van der Waals surface area contributed by atoms with Crippen molar-refractivity contribution in [2.75, 3.05) is 18.0 Å². The van der Waals surface area contributed by atoms with Crippen molar-refractivity contribution in [3.63, 3.8) is 0 Å². The largest absolute Gasteiger partial charge is 0.352 e. The molecule has 1 aromatic heterocycles. The highest BCUT2D eigenvalue weighted by Gasteiger charge is 2.11. The summed E-state index contributed by atoms with van der Waals surface area (Å²) in [5.41, 5.74) is 4.10. The molecular weight excluding hydrogens is 334 g/mol. The zero-order valence-electron chi connectivity index (χ0n) is 15.9. The molecule has 0 unspecified atom stereocenters. The average molecular weight is 359 g/mol. The van der Waals surface area contributed by atoms with E-state index in [0.717, 1.165) is 24.5 Å². The first kappa shape index (κ1) is 18.6. The molecule has 1 N–H and O–H groups in total. The predicted molar refractivity (Wildman–Crippen MR) is 111 cm³/mol. The van der Waals surface area contributed by atoms with Gasteiger partial charge in [0.1, 0.15) is 5.82 Å². The maximum absolute atomic E-state index is 12.3. The Morgan fingerprint density at radius 3 is 2.52 bits per heavy atom. The van der Waals surface area contributed by atoms with Gasteiger partial charge in [-0.2, -0.15) is 0 Å². The number of carbonyl (C=O) groups is 1. The van der Waals surface area contributed by atoms with E-state index in [9.17, 15) is 4.79 Å². The topological polar surface area (TPSA) is 45.2 Å². The van der Waals surface area contributed by atoms with Crippen LogP contribution in [0.5, 0.6) is 0 Å². The maximum atomic E-state index is 12.3. The van der Waals surface area contributed by atoms with Gasteiger partial charge in [0.05, 0.1) is 5.56 Å². The Labute approximate surface area is 160 Å². The van der Waals surface area contributed by atoms with Gasteiger partial charge in [0, 0.05) is 25.0 Å². The summed E-state index contributed by atoms with van der Waals surface area (Å²) in [4.78, 5) is 19.0. The molecule has 0 aliphatic carbocycles. The summed E-state index contributed by atoms with van der Waals surface area (Å²) in [5, 5.41) is 2.96. The Balaban J connectivity index is 1.62. The van der Waals surface area contributed by atoms with Gasteiger partial charge in [-0.25, -0.2) is 4.98 Å². The lowest BCUT2D eigenvalue weighted by Crippen LogP contribution is -2.26. The number of carbonyl (C=O) groups excluding carboxylic acids is 1. The van der Waals surface area contributed by atoms with E-state index in [1.807, 2.05) is 36.4 Å². The Bertz CT molecular complexity index is 876. The highest BCUT2D eigenvalue weighted by molar-refractivity contribution is 5.94. The van der Waals surface area contributed by atoms with Crippen LogP contribution in [0.15, 0.2) is 72.9 Å². The molecule has 4 nitrogen and oxygen atoms in total. The van der Waals surface area contributed by atoms with E-state index in [-0.39, 0.29) is 5.91 Å². The van der Waals surface area contributed by atoms with Crippen LogP contribution in [-0.4, -0.2) is 24.0 Å². The number of pyridine rings is 1. The van der Waals surface area contributed by atoms with Gasteiger partial charge in [-0.05, 0) is 55.7 Å². The van der Waals surface area contributed by atoms with E-state index in [1.54, 1.807) is 6.20 Å². The van der Waals surface area contributed by atoms with Crippen molar-refractivity contribution in [3.8, 4) is 0 Å². The molecule has 0 saturated heterocycles. The first-order chi connectivity index (χ1) is 13.2. The minimum atomic E-state index is -0.0939. The van der Waals surface area contributed by atoms with Gasteiger partial charge in [0.2, 0.25) is 0 Å². The Morgan fingerprint density at radius 1 is 1.04 bits per heavy atom. The fraction of sp³-hybridized carbons (Fsp3) is 0.217. The van der Waals surface area contributed by atoms with Gasteiger partial charge in [0.25, 0.3) is 5.91 Å². The predicted octanol–water partition coefficient (Wildman–Crippen LogP) is 4.52. The molecule has 0 atom stereocenters. The molecule has 4 heteroatoms. The smallest absolute Gasteiger partial charge is 0.252 e. The summed E-state index contributed by atoms with van der Waals surface area (Å²) in [6.45, 7) is 5.58. The molecule has 0 spiro atoms. The number of nitrogens with one attached hydrogen (secondary N) is 1. The van der Waals surface area contributed by atoms with E-state index in [1.165, 1.54) is 11.1 Å². The molecular formula is C23H25N3O. The second-order valence-electron chi connectivity index (χ2n) is 6.48. The molecule has 27 heavy (non-hydrogen) atoms. The summed E-state index contributed by atoms with van der Waals surface area (Å²) in [7, 11) is 0. The summed E-state index contributed by atoms with van der Waals surface area (Å²) in [6.07, 6.45) is 2.46. The van der Waals surface area contributed by atoms with Crippen molar-refractivity contribution < 1.29 is 4.79 Å². The zero-order valence-corrected chi connectivity index (χ0v) is 15.9. The van der Waals surface area contributed by atoms with Crippen molar-refractivity contribution in [2.45, 2.75) is 20.3 Å². The molecule has 2 aromatic carbocycles. The van der Waals surface area contributed by atoms with Crippen LogP contribution in [0, 0.1) is 6.92 Å². The summed E-state index contributed by atoms with van der Waals surface area (Å²) in [5.74, 6) is 0.743. The Hall–Kier alpha value is -3.14. The van der Waals surface area contributed by atoms with Crippen LogP contribution in [0.25, 0.3) is 0 Å².